The van der Waals surface area contributed by atoms with Crippen molar-refractivity contribution in [3.63, 3.8) is 0 Å². The van der Waals surface area contributed by atoms with Crippen LogP contribution in [0.1, 0.15) is 18.0 Å². The van der Waals surface area contributed by atoms with Gasteiger partial charge in [-0.25, -0.2) is 0 Å². The Hall–Kier alpha value is -1.53. The van der Waals surface area contributed by atoms with Gasteiger partial charge >= 0.3 is 6.18 Å². The zero-order valence-corrected chi connectivity index (χ0v) is 11.9. The van der Waals surface area contributed by atoms with Gasteiger partial charge in [0.2, 0.25) is 0 Å². The van der Waals surface area contributed by atoms with Gasteiger partial charge < -0.3 is 10.5 Å². The third-order valence-corrected chi connectivity index (χ3v) is 3.77. The van der Waals surface area contributed by atoms with Gasteiger partial charge in [0.05, 0.1) is 13.2 Å². The van der Waals surface area contributed by atoms with Gasteiger partial charge in [-0.1, -0.05) is 24.3 Å². The first-order chi connectivity index (χ1) is 9.97. The quantitative estimate of drug-likeness (QED) is 0.869. The molecule has 0 aromatic heterocycles. The predicted molar refractivity (Wildman–Crippen MR) is 75.1 cm³/mol. The Morgan fingerprint density at radius 2 is 2.05 bits per heavy atom. The van der Waals surface area contributed by atoms with Crippen molar-refractivity contribution in [2.75, 3.05) is 26.7 Å². The molecule has 21 heavy (non-hydrogen) atoms. The number of para-hydroxylation sites is 1. The molecule has 0 saturated carbocycles. The number of nitrogens with two attached hydrogens (primary N) is 1. The molecule has 1 unspecified atom stereocenters. The summed E-state index contributed by atoms with van der Waals surface area (Å²) in [6.07, 6.45) is -2.98. The van der Waals surface area contributed by atoms with Crippen LogP contribution in [-0.4, -0.2) is 37.8 Å². The van der Waals surface area contributed by atoms with Crippen molar-refractivity contribution in [1.29, 1.82) is 0 Å². The highest BCUT2D eigenvalue weighted by Crippen LogP contribution is 2.34. The number of alkyl halides is 3. The van der Waals surface area contributed by atoms with Crippen LogP contribution in [0.4, 0.5) is 13.2 Å². The van der Waals surface area contributed by atoms with Crippen molar-refractivity contribution in [3.05, 3.63) is 41.5 Å². The molecule has 0 aliphatic carbocycles. The summed E-state index contributed by atoms with van der Waals surface area (Å²) in [4.78, 5) is 1.95. The normalized spacial score (nSPS) is 18.2. The zero-order chi connectivity index (χ0) is 15.5. The number of ether oxygens (including phenoxy) is 1. The molecular weight excluding hydrogens is 281 g/mol. The van der Waals surface area contributed by atoms with Crippen LogP contribution in [0.5, 0.6) is 5.75 Å². The minimum Gasteiger partial charge on any atom is -0.496 e. The molecule has 0 spiro atoms. The molecule has 116 valence electrons. The number of hydrogen-bond donors (Lipinski definition) is 1. The Kier molecular flexibility index (Phi) is 4.90. The van der Waals surface area contributed by atoms with Crippen molar-refractivity contribution >= 4 is 0 Å². The van der Waals surface area contributed by atoms with Gasteiger partial charge in [-0.05, 0) is 12.5 Å². The van der Waals surface area contributed by atoms with Gasteiger partial charge in [-0.3, -0.25) is 4.90 Å². The highest BCUT2D eigenvalue weighted by Gasteiger charge is 2.36. The Morgan fingerprint density at radius 3 is 2.57 bits per heavy atom. The Balaban J connectivity index is 2.19. The molecule has 1 aromatic carbocycles. The number of hydrogen-bond acceptors (Lipinski definition) is 3. The number of methoxy groups -OCH3 is 1. The van der Waals surface area contributed by atoms with E-state index >= 15 is 0 Å². The average Bonchev–Trinajstić information content (AvgIpc) is 2.48. The largest absolute Gasteiger partial charge is 0.496 e. The Labute approximate surface area is 122 Å². The molecule has 1 aliphatic heterocycles. The van der Waals surface area contributed by atoms with Crippen LogP contribution >= 0.6 is 0 Å². The van der Waals surface area contributed by atoms with Crippen LogP contribution < -0.4 is 10.5 Å². The van der Waals surface area contributed by atoms with E-state index in [1.54, 1.807) is 7.11 Å². The lowest BCUT2D eigenvalue weighted by molar-refractivity contribution is -0.0964. The second-order valence-electron chi connectivity index (χ2n) is 4.97. The Morgan fingerprint density at radius 1 is 1.33 bits per heavy atom. The molecule has 1 aliphatic rings. The van der Waals surface area contributed by atoms with Crippen molar-refractivity contribution in [3.8, 4) is 5.75 Å². The molecule has 6 heteroatoms. The summed E-state index contributed by atoms with van der Waals surface area (Å²) < 4.78 is 43.3. The summed E-state index contributed by atoms with van der Waals surface area (Å²) in [5.74, 6) is 0.707. The van der Waals surface area contributed by atoms with Crippen LogP contribution in [-0.2, 0) is 0 Å². The molecule has 2 rings (SSSR count). The van der Waals surface area contributed by atoms with Crippen molar-refractivity contribution in [2.45, 2.75) is 18.6 Å². The highest BCUT2D eigenvalue weighted by molar-refractivity contribution is 5.36. The second-order valence-corrected chi connectivity index (χ2v) is 4.97. The smallest absolute Gasteiger partial charge is 0.412 e. The number of halogens is 3. The van der Waals surface area contributed by atoms with E-state index < -0.39 is 11.7 Å². The summed E-state index contributed by atoms with van der Waals surface area (Å²) in [6.45, 7) is 0.912. The first-order valence-corrected chi connectivity index (χ1v) is 6.80. The summed E-state index contributed by atoms with van der Waals surface area (Å²) in [7, 11) is 1.57. The van der Waals surface area contributed by atoms with Gasteiger partial charge in [0.15, 0.2) is 0 Å². The maximum Gasteiger partial charge on any atom is 0.412 e. The van der Waals surface area contributed by atoms with Gasteiger partial charge in [0, 0.05) is 30.8 Å². The molecule has 1 aromatic rings. The topological polar surface area (TPSA) is 38.5 Å². The van der Waals surface area contributed by atoms with Crippen molar-refractivity contribution in [2.24, 2.45) is 5.73 Å². The van der Waals surface area contributed by atoms with E-state index in [4.69, 9.17) is 10.5 Å². The SMILES string of the molecule is COc1ccccc1C(CN)N1CC=C(C(F)(F)F)CC1. The third kappa shape index (κ3) is 3.57. The standard InChI is InChI=1S/C15H19F3N2O/c1-21-14-5-3-2-4-12(14)13(10-19)20-8-6-11(7-9-20)15(16,17)18/h2-6,13H,7-10,19H2,1H3. The molecule has 0 bridgehead atoms. The summed E-state index contributed by atoms with van der Waals surface area (Å²) in [6, 6.07) is 7.32. The molecule has 1 heterocycles. The Bertz CT molecular complexity index is 514. The monoisotopic (exact) mass is 300 g/mol. The minimum atomic E-state index is -4.23. The fourth-order valence-electron chi connectivity index (χ4n) is 2.64. The fraction of sp³-hybridized carbons (Fsp3) is 0.467. The molecule has 0 saturated heterocycles. The van der Waals surface area contributed by atoms with E-state index in [-0.39, 0.29) is 19.0 Å². The molecule has 0 fully saturated rings. The summed E-state index contributed by atoms with van der Waals surface area (Å²) in [5, 5.41) is 0. The maximum atomic E-state index is 12.7. The minimum absolute atomic E-state index is 0.00481. The van der Waals surface area contributed by atoms with Crippen molar-refractivity contribution in [1.82, 2.24) is 4.90 Å². The van der Waals surface area contributed by atoms with Crippen LogP contribution in [0.2, 0.25) is 0 Å². The molecule has 2 N–H and O–H groups in total. The zero-order valence-electron chi connectivity index (χ0n) is 11.9. The van der Waals surface area contributed by atoms with E-state index in [9.17, 15) is 13.2 Å². The van der Waals surface area contributed by atoms with Crippen molar-refractivity contribution < 1.29 is 17.9 Å². The van der Waals surface area contributed by atoms with Crippen LogP contribution in [0.3, 0.4) is 0 Å². The molecular formula is C15H19F3N2O. The first-order valence-electron chi connectivity index (χ1n) is 6.80. The van der Waals surface area contributed by atoms with E-state index in [2.05, 4.69) is 0 Å². The summed E-state index contributed by atoms with van der Waals surface area (Å²) in [5.41, 5.74) is 6.30. The maximum absolute atomic E-state index is 12.7. The molecule has 3 nitrogen and oxygen atoms in total. The molecule has 0 radical (unpaired) electrons. The van der Waals surface area contributed by atoms with Crippen LogP contribution in [0, 0.1) is 0 Å². The number of benzene rings is 1. The van der Waals surface area contributed by atoms with Gasteiger partial charge in [0.25, 0.3) is 0 Å². The lowest BCUT2D eigenvalue weighted by atomic mass is 10.0. The van der Waals surface area contributed by atoms with E-state index in [0.29, 0.717) is 18.8 Å². The van der Waals surface area contributed by atoms with E-state index in [0.717, 1.165) is 5.56 Å². The van der Waals surface area contributed by atoms with E-state index in [1.807, 2.05) is 29.2 Å². The van der Waals surface area contributed by atoms with Crippen LogP contribution in [0.15, 0.2) is 35.9 Å². The lowest BCUT2D eigenvalue weighted by Gasteiger charge is -2.34. The molecule has 0 amide bonds. The third-order valence-electron chi connectivity index (χ3n) is 3.77. The molecule has 1 atom stereocenters. The summed E-state index contributed by atoms with van der Waals surface area (Å²) >= 11 is 0. The van der Waals surface area contributed by atoms with Gasteiger partial charge in [-0.2, -0.15) is 13.2 Å². The fourth-order valence-corrected chi connectivity index (χ4v) is 2.64. The van der Waals surface area contributed by atoms with Gasteiger partial charge in [-0.15, -0.1) is 0 Å². The van der Waals surface area contributed by atoms with Crippen LogP contribution in [0.25, 0.3) is 0 Å². The van der Waals surface area contributed by atoms with Gasteiger partial charge in [0.1, 0.15) is 5.75 Å². The second kappa shape index (κ2) is 6.49. The average molecular weight is 300 g/mol. The number of nitrogens with zero attached hydrogens (tertiary/aromatic N) is 1. The first kappa shape index (κ1) is 15.9. The number of rotatable bonds is 4. The predicted octanol–water partition coefficient (Wildman–Crippen LogP) is 2.89. The van der Waals surface area contributed by atoms with E-state index in [1.165, 1.54) is 6.08 Å². The highest BCUT2D eigenvalue weighted by atomic mass is 19.4. The lowest BCUT2D eigenvalue weighted by Crippen LogP contribution is -2.38.